The van der Waals surface area contributed by atoms with Crippen LogP contribution in [0.1, 0.15) is 70.8 Å². The Kier molecular flexibility index (Phi) is 6.93. The quantitative estimate of drug-likeness (QED) is 0.507. The molecule has 1 saturated heterocycles. The summed E-state index contributed by atoms with van der Waals surface area (Å²) < 4.78 is 0. The third-order valence-corrected chi connectivity index (χ3v) is 6.39. The summed E-state index contributed by atoms with van der Waals surface area (Å²) in [6, 6.07) is 7.32. The molecule has 1 heterocycles. The van der Waals surface area contributed by atoms with E-state index in [2.05, 4.69) is 24.5 Å². The van der Waals surface area contributed by atoms with E-state index in [9.17, 15) is 14.4 Å². The number of aryl methyl sites for hydroxylation is 1. The number of anilines is 1. The summed E-state index contributed by atoms with van der Waals surface area (Å²) in [6.07, 6.45) is 8.90. The average molecular weight is 400 g/mol. The van der Waals surface area contributed by atoms with Crippen molar-refractivity contribution in [2.24, 2.45) is 5.92 Å². The van der Waals surface area contributed by atoms with Crippen LogP contribution in [0.3, 0.4) is 0 Å². The number of hydrogen-bond acceptors (Lipinski definition) is 3. The Hall–Kier alpha value is -2.37. The van der Waals surface area contributed by atoms with E-state index in [4.69, 9.17) is 0 Å². The summed E-state index contributed by atoms with van der Waals surface area (Å²) in [4.78, 5) is 38.8. The molecule has 2 fully saturated rings. The fourth-order valence-electron chi connectivity index (χ4n) is 4.42. The third-order valence-electron chi connectivity index (χ3n) is 6.39. The summed E-state index contributed by atoms with van der Waals surface area (Å²) in [5.41, 5.74) is 1.12. The molecule has 1 aromatic rings. The normalized spacial score (nSPS) is 24.1. The second-order valence-corrected chi connectivity index (χ2v) is 8.46. The van der Waals surface area contributed by atoms with Gasteiger partial charge in [0.05, 0.1) is 0 Å². The predicted molar refractivity (Wildman–Crippen MR) is 114 cm³/mol. The van der Waals surface area contributed by atoms with Crippen molar-refractivity contribution in [1.29, 1.82) is 0 Å². The van der Waals surface area contributed by atoms with Crippen LogP contribution >= 0.6 is 0 Å². The van der Waals surface area contributed by atoms with Gasteiger partial charge in [-0.2, -0.15) is 0 Å². The lowest BCUT2D eigenvalue weighted by Crippen LogP contribution is -2.49. The Morgan fingerprint density at radius 3 is 2.45 bits per heavy atom. The number of nitrogens with zero attached hydrogens (tertiary/aromatic N) is 1. The van der Waals surface area contributed by atoms with Gasteiger partial charge in [0.2, 0.25) is 5.91 Å². The number of nitrogens with one attached hydrogen (secondary N) is 2. The molecule has 1 aromatic carbocycles. The van der Waals surface area contributed by atoms with Crippen LogP contribution in [0.5, 0.6) is 0 Å². The minimum Gasteiger partial charge on any atom is -0.325 e. The molecule has 29 heavy (non-hydrogen) atoms. The first-order chi connectivity index (χ1) is 14.0. The van der Waals surface area contributed by atoms with Crippen molar-refractivity contribution >= 4 is 23.5 Å². The SMILES string of the molecule is CCCCCc1ccc(NC(=O)CN2C(=O)NC3(CCC(CC)CC3)C2=O)cc1. The average Bonchev–Trinajstić information content (AvgIpc) is 2.94. The zero-order valence-corrected chi connectivity index (χ0v) is 17.6. The second-order valence-electron chi connectivity index (χ2n) is 8.46. The number of hydrogen-bond donors (Lipinski definition) is 2. The van der Waals surface area contributed by atoms with Gasteiger partial charge >= 0.3 is 6.03 Å². The van der Waals surface area contributed by atoms with E-state index in [0.717, 1.165) is 37.0 Å². The van der Waals surface area contributed by atoms with Crippen LogP contribution in [0.2, 0.25) is 0 Å². The monoisotopic (exact) mass is 399 g/mol. The van der Waals surface area contributed by atoms with Crippen LogP contribution in [-0.2, 0) is 16.0 Å². The minimum absolute atomic E-state index is 0.248. The number of urea groups is 1. The van der Waals surface area contributed by atoms with E-state index in [1.54, 1.807) is 0 Å². The van der Waals surface area contributed by atoms with Gasteiger partial charge in [-0.15, -0.1) is 0 Å². The van der Waals surface area contributed by atoms with Gasteiger partial charge in [0.25, 0.3) is 5.91 Å². The Bertz CT molecular complexity index is 736. The molecule has 0 radical (unpaired) electrons. The Morgan fingerprint density at radius 1 is 1.14 bits per heavy atom. The third kappa shape index (κ3) is 4.98. The molecule has 6 heteroatoms. The van der Waals surface area contributed by atoms with Crippen molar-refractivity contribution in [2.45, 2.75) is 77.2 Å². The van der Waals surface area contributed by atoms with E-state index in [-0.39, 0.29) is 18.4 Å². The van der Waals surface area contributed by atoms with Crippen LogP contribution in [0.15, 0.2) is 24.3 Å². The van der Waals surface area contributed by atoms with Gasteiger partial charge in [-0.05, 0) is 62.1 Å². The summed E-state index contributed by atoms with van der Waals surface area (Å²) in [5, 5.41) is 5.67. The van der Waals surface area contributed by atoms with Gasteiger partial charge in [-0.25, -0.2) is 4.79 Å². The van der Waals surface area contributed by atoms with E-state index in [1.807, 2.05) is 24.3 Å². The highest BCUT2D eigenvalue weighted by Crippen LogP contribution is 2.37. The van der Waals surface area contributed by atoms with Gasteiger partial charge in [-0.1, -0.05) is 45.2 Å². The number of unbranched alkanes of at least 4 members (excludes halogenated alkanes) is 2. The van der Waals surface area contributed by atoms with Crippen molar-refractivity contribution in [1.82, 2.24) is 10.2 Å². The number of carbonyl (C=O) groups is 3. The maximum absolute atomic E-state index is 12.9. The number of benzene rings is 1. The maximum Gasteiger partial charge on any atom is 0.325 e. The highest BCUT2D eigenvalue weighted by Gasteiger charge is 2.52. The lowest BCUT2D eigenvalue weighted by atomic mass is 9.75. The van der Waals surface area contributed by atoms with Crippen molar-refractivity contribution in [3.63, 3.8) is 0 Å². The lowest BCUT2D eigenvalue weighted by Gasteiger charge is -2.34. The highest BCUT2D eigenvalue weighted by molar-refractivity contribution is 6.10. The molecule has 6 nitrogen and oxygen atoms in total. The first-order valence-corrected chi connectivity index (χ1v) is 11.0. The first kappa shape index (κ1) is 21.3. The molecular formula is C23H33N3O3. The molecule has 1 spiro atoms. The molecule has 3 rings (SSSR count). The molecule has 158 valence electrons. The molecule has 2 aliphatic rings. The molecule has 4 amide bonds. The van der Waals surface area contributed by atoms with Crippen LogP contribution in [0.25, 0.3) is 0 Å². The standard InChI is InChI=1S/C23H33N3O3/c1-3-5-6-7-18-8-10-19(11-9-18)24-20(27)16-26-21(28)23(25-22(26)29)14-12-17(4-2)13-15-23/h8-11,17H,3-7,12-16H2,1-2H3,(H,24,27)(H,25,29). The molecule has 0 bridgehead atoms. The smallest absolute Gasteiger partial charge is 0.325 e. The zero-order valence-electron chi connectivity index (χ0n) is 17.6. The molecule has 1 aliphatic carbocycles. The zero-order chi connectivity index (χ0) is 20.9. The summed E-state index contributed by atoms with van der Waals surface area (Å²) in [6.45, 7) is 4.09. The van der Waals surface area contributed by atoms with Crippen molar-refractivity contribution in [3.05, 3.63) is 29.8 Å². The van der Waals surface area contributed by atoms with E-state index in [1.165, 1.54) is 18.4 Å². The van der Waals surface area contributed by atoms with E-state index >= 15 is 0 Å². The highest BCUT2D eigenvalue weighted by atomic mass is 16.2. The molecular weight excluding hydrogens is 366 g/mol. The summed E-state index contributed by atoms with van der Waals surface area (Å²) >= 11 is 0. The van der Waals surface area contributed by atoms with Gasteiger partial charge in [-0.3, -0.25) is 14.5 Å². The van der Waals surface area contributed by atoms with Crippen molar-refractivity contribution in [2.75, 3.05) is 11.9 Å². The minimum atomic E-state index is -0.802. The molecule has 1 saturated carbocycles. The topological polar surface area (TPSA) is 78.5 Å². The molecule has 0 unspecified atom stereocenters. The lowest BCUT2D eigenvalue weighted by molar-refractivity contribution is -0.135. The van der Waals surface area contributed by atoms with E-state index in [0.29, 0.717) is 24.4 Å². The number of imide groups is 1. The molecule has 1 aliphatic heterocycles. The fourth-order valence-corrected chi connectivity index (χ4v) is 4.42. The first-order valence-electron chi connectivity index (χ1n) is 11.0. The van der Waals surface area contributed by atoms with E-state index < -0.39 is 11.6 Å². The number of carbonyl (C=O) groups excluding carboxylic acids is 3. The largest absolute Gasteiger partial charge is 0.325 e. The van der Waals surface area contributed by atoms with Crippen LogP contribution in [0, 0.1) is 5.92 Å². The molecule has 2 N–H and O–H groups in total. The Labute approximate surface area is 173 Å². The Balaban J connectivity index is 1.54. The van der Waals surface area contributed by atoms with Gasteiger partial charge in [0.15, 0.2) is 0 Å². The van der Waals surface area contributed by atoms with Crippen LogP contribution < -0.4 is 10.6 Å². The summed E-state index contributed by atoms with van der Waals surface area (Å²) in [5.74, 6) is 0.0117. The fraction of sp³-hybridized carbons (Fsp3) is 0.609. The second kappa shape index (κ2) is 9.42. The van der Waals surface area contributed by atoms with Gasteiger partial charge in [0, 0.05) is 5.69 Å². The Morgan fingerprint density at radius 2 is 1.83 bits per heavy atom. The van der Waals surface area contributed by atoms with Gasteiger partial charge < -0.3 is 10.6 Å². The van der Waals surface area contributed by atoms with Gasteiger partial charge in [0.1, 0.15) is 12.1 Å². The maximum atomic E-state index is 12.9. The summed E-state index contributed by atoms with van der Waals surface area (Å²) in [7, 11) is 0. The predicted octanol–water partition coefficient (Wildman–Crippen LogP) is 4.25. The van der Waals surface area contributed by atoms with Crippen molar-refractivity contribution in [3.8, 4) is 0 Å². The van der Waals surface area contributed by atoms with Crippen molar-refractivity contribution < 1.29 is 14.4 Å². The number of amides is 4. The number of rotatable bonds is 8. The van der Waals surface area contributed by atoms with Crippen LogP contribution in [0.4, 0.5) is 10.5 Å². The van der Waals surface area contributed by atoms with Crippen LogP contribution in [-0.4, -0.2) is 34.8 Å². The molecule has 0 aromatic heterocycles. The molecule has 0 atom stereocenters.